The third-order valence-electron chi connectivity index (χ3n) is 4.05. The highest BCUT2D eigenvalue weighted by atomic mass is 32.1. The number of hydrogen-bond donors (Lipinski definition) is 2. The van der Waals surface area contributed by atoms with E-state index in [1.807, 2.05) is 6.92 Å². The van der Waals surface area contributed by atoms with Crippen LogP contribution in [0.5, 0.6) is 0 Å². The first-order valence-corrected chi connectivity index (χ1v) is 8.49. The second kappa shape index (κ2) is 8.26. The molecular weight excluding hydrogens is 300 g/mol. The van der Waals surface area contributed by atoms with Gasteiger partial charge in [0.05, 0.1) is 6.04 Å². The maximum atomic E-state index is 11.9. The molecule has 1 atom stereocenters. The SMILES string of the molecule is CNC(=O)NC(=O)[C@@H](C)N1CCN(CCc2cccs2)CC1. The van der Waals surface area contributed by atoms with Gasteiger partial charge >= 0.3 is 6.03 Å². The van der Waals surface area contributed by atoms with Gasteiger partial charge in [-0.2, -0.15) is 0 Å². The number of hydrogen-bond acceptors (Lipinski definition) is 5. The van der Waals surface area contributed by atoms with Crippen LogP contribution in [0.25, 0.3) is 0 Å². The van der Waals surface area contributed by atoms with E-state index in [-0.39, 0.29) is 11.9 Å². The maximum absolute atomic E-state index is 11.9. The number of nitrogens with zero attached hydrogens (tertiary/aromatic N) is 2. The summed E-state index contributed by atoms with van der Waals surface area (Å²) in [6.45, 7) is 6.54. The van der Waals surface area contributed by atoms with Gasteiger partial charge in [0.1, 0.15) is 0 Å². The normalized spacial score (nSPS) is 17.9. The van der Waals surface area contributed by atoms with E-state index in [1.54, 1.807) is 11.3 Å². The second-order valence-electron chi connectivity index (χ2n) is 5.45. The predicted molar refractivity (Wildman–Crippen MR) is 88.1 cm³/mol. The van der Waals surface area contributed by atoms with Gasteiger partial charge in [0.25, 0.3) is 0 Å². The molecule has 2 rings (SSSR count). The molecule has 1 aromatic heterocycles. The van der Waals surface area contributed by atoms with Gasteiger partial charge in [-0.25, -0.2) is 4.79 Å². The summed E-state index contributed by atoms with van der Waals surface area (Å²) in [7, 11) is 1.50. The maximum Gasteiger partial charge on any atom is 0.321 e. The Balaban J connectivity index is 1.71. The molecule has 1 aliphatic rings. The lowest BCUT2D eigenvalue weighted by Crippen LogP contribution is -2.55. The molecule has 122 valence electrons. The third-order valence-corrected chi connectivity index (χ3v) is 4.99. The van der Waals surface area contributed by atoms with E-state index >= 15 is 0 Å². The molecule has 0 bridgehead atoms. The van der Waals surface area contributed by atoms with Crippen molar-refractivity contribution in [1.82, 2.24) is 20.4 Å². The fourth-order valence-electron chi connectivity index (χ4n) is 2.54. The van der Waals surface area contributed by atoms with Crippen LogP contribution >= 0.6 is 11.3 Å². The molecule has 0 spiro atoms. The molecule has 3 amide bonds. The standard InChI is InChI=1S/C15H24N4O2S/c1-12(14(20)17-15(21)16-2)19-9-7-18(8-10-19)6-5-13-4-3-11-22-13/h3-4,11-12H,5-10H2,1-2H3,(H2,16,17,20,21)/t12-/m1/s1. The number of piperazine rings is 1. The molecule has 6 nitrogen and oxygen atoms in total. The lowest BCUT2D eigenvalue weighted by Gasteiger charge is -2.37. The van der Waals surface area contributed by atoms with E-state index in [2.05, 4.69) is 37.9 Å². The molecule has 0 aromatic carbocycles. The third kappa shape index (κ3) is 4.79. The van der Waals surface area contributed by atoms with Gasteiger partial charge in [-0.3, -0.25) is 15.0 Å². The average Bonchev–Trinajstić information content (AvgIpc) is 3.06. The molecule has 22 heavy (non-hydrogen) atoms. The van der Waals surface area contributed by atoms with Crippen molar-refractivity contribution in [2.24, 2.45) is 0 Å². The summed E-state index contributed by atoms with van der Waals surface area (Å²) < 4.78 is 0. The fraction of sp³-hybridized carbons (Fsp3) is 0.600. The van der Waals surface area contributed by atoms with E-state index < -0.39 is 6.03 Å². The minimum absolute atomic E-state index is 0.244. The highest BCUT2D eigenvalue weighted by molar-refractivity contribution is 7.09. The summed E-state index contributed by atoms with van der Waals surface area (Å²) in [5.41, 5.74) is 0. The Morgan fingerprint density at radius 3 is 2.64 bits per heavy atom. The summed E-state index contributed by atoms with van der Waals surface area (Å²) in [6.07, 6.45) is 1.09. The zero-order chi connectivity index (χ0) is 15.9. The van der Waals surface area contributed by atoms with Crippen molar-refractivity contribution in [2.75, 3.05) is 39.8 Å². The van der Waals surface area contributed by atoms with E-state index in [1.165, 1.54) is 11.9 Å². The van der Waals surface area contributed by atoms with Crippen molar-refractivity contribution in [3.8, 4) is 0 Å². The lowest BCUT2D eigenvalue weighted by molar-refractivity contribution is -0.125. The fourth-order valence-corrected chi connectivity index (χ4v) is 3.24. The highest BCUT2D eigenvalue weighted by Gasteiger charge is 2.26. The van der Waals surface area contributed by atoms with Gasteiger partial charge in [-0.15, -0.1) is 11.3 Å². The highest BCUT2D eigenvalue weighted by Crippen LogP contribution is 2.12. The quantitative estimate of drug-likeness (QED) is 0.839. The number of carbonyl (C=O) groups is 2. The predicted octanol–water partition coefficient (Wildman–Crippen LogP) is 0.752. The zero-order valence-electron chi connectivity index (χ0n) is 13.2. The minimum atomic E-state index is -0.452. The molecule has 0 unspecified atom stereocenters. The number of urea groups is 1. The Hall–Kier alpha value is -1.44. The summed E-state index contributed by atoms with van der Waals surface area (Å²) in [5, 5.41) is 6.84. The topological polar surface area (TPSA) is 64.7 Å². The van der Waals surface area contributed by atoms with E-state index in [9.17, 15) is 9.59 Å². The molecule has 0 aliphatic carbocycles. The lowest BCUT2D eigenvalue weighted by atomic mass is 10.2. The number of thiophene rings is 1. The first-order valence-electron chi connectivity index (χ1n) is 7.61. The van der Waals surface area contributed by atoms with Gasteiger partial charge in [-0.1, -0.05) is 6.07 Å². The zero-order valence-corrected chi connectivity index (χ0v) is 14.0. The van der Waals surface area contributed by atoms with Crippen LogP contribution in [0.2, 0.25) is 0 Å². The Morgan fingerprint density at radius 1 is 1.32 bits per heavy atom. The Morgan fingerprint density at radius 2 is 2.05 bits per heavy atom. The molecule has 1 aromatic rings. The van der Waals surface area contributed by atoms with E-state index in [4.69, 9.17) is 0 Å². The first kappa shape index (κ1) is 16.9. The van der Waals surface area contributed by atoms with Crippen molar-refractivity contribution in [3.05, 3.63) is 22.4 Å². The van der Waals surface area contributed by atoms with Crippen LogP contribution in [-0.4, -0.2) is 67.6 Å². The van der Waals surface area contributed by atoms with Crippen LogP contribution in [0.15, 0.2) is 17.5 Å². The molecule has 0 saturated carbocycles. The van der Waals surface area contributed by atoms with Gasteiger partial charge in [0.15, 0.2) is 0 Å². The Labute approximate surface area is 135 Å². The monoisotopic (exact) mass is 324 g/mol. The molecule has 1 saturated heterocycles. The van der Waals surface area contributed by atoms with Gasteiger partial charge in [-0.05, 0) is 24.8 Å². The smallest absolute Gasteiger partial charge is 0.321 e. The van der Waals surface area contributed by atoms with Crippen LogP contribution in [-0.2, 0) is 11.2 Å². The van der Waals surface area contributed by atoms with Crippen LogP contribution < -0.4 is 10.6 Å². The van der Waals surface area contributed by atoms with Crippen LogP contribution in [0.4, 0.5) is 4.79 Å². The second-order valence-corrected chi connectivity index (χ2v) is 6.48. The largest absolute Gasteiger partial charge is 0.341 e. The number of carbonyl (C=O) groups excluding carboxylic acids is 2. The minimum Gasteiger partial charge on any atom is -0.341 e. The molecule has 0 radical (unpaired) electrons. The molecular formula is C15H24N4O2S. The average molecular weight is 324 g/mol. The van der Waals surface area contributed by atoms with Gasteiger partial charge < -0.3 is 10.2 Å². The number of rotatable bonds is 5. The van der Waals surface area contributed by atoms with Crippen molar-refractivity contribution in [3.63, 3.8) is 0 Å². The van der Waals surface area contributed by atoms with Crippen LogP contribution in [0, 0.1) is 0 Å². The first-order chi connectivity index (χ1) is 10.6. The summed E-state index contributed by atoms with van der Waals surface area (Å²) in [6, 6.07) is 3.53. The molecule has 2 N–H and O–H groups in total. The van der Waals surface area contributed by atoms with Crippen molar-refractivity contribution >= 4 is 23.3 Å². The van der Waals surface area contributed by atoms with Gasteiger partial charge in [0.2, 0.25) is 5.91 Å². The molecule has 1 aliphatic heterocycles. The summed E-state index contributed by atoms with van der Waals surface area (Å²) in [4.78, 5) is 29.1. The number of nitrogens with one attached hydrogen (secondary N) is 2. The van der Waals surface area contributed by atoms with E-state index in [0.29, 0.717) is 0 Å². The van der Waals surface area contributed by atoms with Crippen molar-refractivity contribution < 1.29 is 9.59 Å². The van der Waals surface area contributed by atoms with Crippen molar-refractivity contribution in [1.29, 1.82) is 0 Å². The summed E-state index contributed by atoms with van der Waals surface area (Å²) >= 11 is 1.80. The number of imide groups is 1. The van der Waals surface area contributed by atoms with Crippen LogP contribution in [0.3, 0.4) is 0 Å². The summed E-state index contributed by atoms with van der Waals surface area (Å²) in [5.74, 6) is -0.244. The van der Waals surface area contributed by atoms with E-state index in [0.717, 1.165) is 39.1 Å². The Kier molecular flexibility index (Phi) is 6.35. The molecule has 2 heterocycles. The van der Waals surface area contributed by atoms with Gasteiger partial charge in [0, 0.05) is 44.6 Å². The molecule has 7 heteroatoms. The molecule has 1 fully saturated rings. The Bertz CT molecular complexity index is 484. The number of amides is 3. The van der Waals surface area contributed by atoms with Crippen LogP contribution in [0.1, 0.15) is 11.8 Å². The van der Waals surface area contributed by atoms with Crippen molar-refractivity contribution in [2.45, 2.75) is 19.4 Å².